The van der Waals surface area contributed by atoms with E-state index in [9.17, 15) is 10.1 Å². The van der Waals surface area contributed by atoms with Gasteiger partial charge in [0, 0.05) is 50.1 Å². The summed E-state index contributed by atoms with van der Waals surface area (Å²) in [4.78, 5) is 10.4. The van der Waals surface area contributed by atoms with Crippen LogP contribution in [-0.2, 0) is 13.5 Å². The van der Waals surface area contributed by atoms with Gasteiger partial charge in [0.25, 0.3) is 5.69 Å². The number of non-ortho nitro benzene ring substituents is 1. The van der Waals surface area contributed by atoms with Gasteiger partial charge < -0.3 is 5.32 Å². The maximum absolute atomic E-state index is 10.8. The number of aromatic nitrogens is 2. The van der Waals surface area contributed by atoms with Gasteiger partial charge in [-0.3, -0.25) is 14.8 Å². The fraction of sp³-hybridized carbons (Fsp3) is 0.357. The van der Waals surface area contributed by atoms with Crippen LogP contribution in [-0.4, -0.2) is 21.2 Å². The molecular weight excluding hydrogens is 256 g/mol. The summed E-state index contributed by atoms with van der Waals surface area (Å²) in [6.07, 6.45) is 2.65. The van der Waals surface area contributed by atoms with Crippen LogP contribution in [0.15, 0.2) is 36.5 Å². The standard InChI is InChI=1S/C14H18N4O2/c1-11(12-4-3-5-14(10-12)18(19)20)15-8-6-13-7-9-16-17(13)2/h3-5,7,9-11,15H,6,8H2,1-2H3. The van der Waals surface area contributed by atoms with Gasteiger partial charge in [0.15, 0.2) is 0 Å². The van der Waals surface area contributed by atoms with Crippen molar-refractivity contribution in [3.8, 4) is 0 Å². The fourth-order valence-corrected chi connectivity index (χ4v) is 2.09. The van der Waals surface area contributed by atoms with Gasteiger partial charge in [-0.25, -0.2) is 0 Å². The van der Waals surface area contributed by atoms with E-state index in [0.29, 0.717) is 0 Å². The first-order valence-corrected chi connectivity index (χ1v) is 6.52. The quantitative estimate of drug-likeness (QED) is 0.647. The normalized spacial score (nSPS) is 12.3. The van der Waals surface area contributed by atoms with Crippen molar-refractivity contribution in [1.82, 2.24) is 15.1 Å². The number of hydrogen-bond acceptors (Lipinski definition) is 4. The number of benzene rings is 1. The van der Waals surface area contributed by atoms with Gasteiger partial charge >= 0.3 is 0 Å². The average molecular weight is 274 g/mol. The van der Waals surface area contributed by atoms with Crippen LogP contribution in [0.1, 0.15) is 24.2 Å². The highest BCUT2D eigenvalue weighted by Crippen LogP contribution is 2.18. The molecule has 6 nitrogen and oxygen atoms in total. The molecule has 1 aromatic carbocycles. The molecule has 0 aliphatic heterocycles. The monoisotopic (exact) mass is 274 g/mol. The van der Waals surface area contributed by atoms with E-state index in [2.05, 4.69) is 10.4 Å². The van der Waals surface area contributed by atoms with Gasteiger partial charge in [0.2, 0.25) is 0 Å². The largest absolute Gasteiger partial charge is 0.310 e. The Morgan fingerprint density at radius 1 is 1.45 bits per heavy atom. The lowest BCUT2D eigenvalue weighted by atomic mass is 10.1. The highest BCUT2D eigenvalue weighted by atomic mass is 16.6. The van der Waals surface area contributed by atoms with Crippen molar-refractivity contribution in [2.24, 2.45) is 7.05 Å². The number of nitrogens with one attached hydrogen (secondary N) is 1. The topological polar surface area (TPSA) is 73.0 Å². The average Bonchev–Trinajstić information content (AvgIpc) is 2.84. The second-order valence-electron chi connectivity index (χ2n) is 4.72. The Morgan fingerprint density at radius 3 is 2.90 bits per heavy atom. The molecule has 0 aliphatic carbocycles. The SMILES string of the molecule is CC(NCCc1ccnn1C)c1cccc([N+](=O)[O-])c1. The van der Waals surface area contributed by atoms with Crippen LogP contribution in [0.25, 0.3) is 0 Å². The van der Waals surface area contributed by atoms with Crippen molar-refractivity contribution in [3.05, 3.63) is 57.9 Å². The smallest absolute Gasteiger partial charge is 0.269 e. The number of nitro groups is 1. The van der Waals surface area contributed by atoms with Crippen LogP contribution in [0, 0.1) is 10.1 Å². The number of hydrogen-bond donors (Lipinski definition) is 1. The minimum absolute atomic E-state index is 0.0723. The first kappa shape index (κ1) is 14.2. The Kier molecular flexibility index (Phi) is 4.47. The summed E-state index contributed by atoms with van der Waals surface area (Å²) in [6.45, 7) is 2.80. The number of rotatable bonds is 6. The summed E-state index contributed by atoms with van der Waals surface area (Å²) in [7, 11) is 1.92. The molecule has 0 saturated carbocycles. The van der Waals surface area contributed by atoms with E-state index >= 15 is 0 Å². The maximum Gasteiger partial charge on any atom is 0.269 e. The van der Waals surface area contributed by atoms with Crippen molar-refractivity contribution >= 4 is 5.69 Å². The van der Waals surface area contributed by atoms with Crippen LogP contribution >= 0.6 is 0 Å². The molecule has 0 spiro atoms. The molecule has 0 saturated heterocycles. The molecule has 1 atom stereocenters. The Morgan fingerprint density at radius 2 is 2.25 bits per heavy atom. The zero-order valence-corrected chi connectivity index (χ0v) is 11.6. The molecular formula is C14H18N4O2. The van der Waals surface area contributed by atoms with Crippen molar-refractivity contribution in [1.29, 1.82) is 0 Å². The molecule has 0 aliphatic rings. The van der Waals surface area contributed by atoms with Crippen LogP contribution in [0.4, 0.5) is 5.69 Å². The van der Waals surface area contributed by atoms with Crippen LogP contribution in [0.2, 0.25) is 0 Å². The molecule has 0 bridgehead atoms. The molecule has 2 aromatic rings. The molecule has 6 heteroatoms. The number of aryl methyl sites for hydroxylation is 1. The maximum atomic E-state index is 10.8. The second-order valence-corrected chi connectivity index (χ2v) is 4.72. The fourth-order valence-electron chi connectivity index (χ4n) is 2.09. The van der Waals surface area contributed by atoms with Crippen LogP contribution in [0.3, 0.4) is 0 Å². The highest BCUT2D eigenvalue weighted by molar-refractivity contribution is 5.35. The Bertz CT molecular complexity index is 594. The first-order chi connectivity index (χ1) is 9.58. The molecule has 0 radical (unpaired) electrons. The molecule has 1 heterocycles. The zero-order valence-electron chi connectivity index (χ0n) is 11.6. The molecule has 2 rings (SSSR count). The Hall–Kier alpha value is -2.21. The van der Waals surface area contributed by atoms with Crippen molar-refractivity contribution in [3.63, 3.8) is 0 Å². The summed E-state index contributed by atoms with van der Waals surface area (Å²) in [5, 5.41) is 18.2. The Balaban J connectivity index is 1.91. The van der Waals surface area contributed by atoms with Gasteiger partial charge in [-0.05, 0) is 18.6 Å². The molecule has 1 unspecified atom stereocenters. The predicted molar refractivity (Wildman–Crippen MR) is 76.4 cm³/mol. The third-order valence-corrected chi connectivity index (χ3v) is 3.34. The first-order valence-electron chi connectivity index (χ1n) is 6.52. The summed E-state index contributed by atoms with van der Waals surface area (Å²) in [5.41, 5.74) is 2.20. The van der Waals surface area contributed by atoms with E-state index in [4.69, 9.17) is 0 Å². The summed E-state index contributed by atoms with van der Waals surface area (Å²) in [6, 6.07) is 8.79. The third kappa shape index (κ3) is 3.42. The molecule has 1 N–H and O–H groups in total. The van der Waals surface area contributed by atoms with E-state index in [1.807, 2.05) is 30.8 Å². The summed E-state index contributed by atoms with van der Waals surface area (Å²) >= 11 is 0. The van der Waals surface area contributed by atoms with Gasteiger partial charge in [0.05, 0.1) is 4.92 Å². The summed E-state index contributed by atoms with van der Waals surface area (Å²) < 4.78 is 1.85. The minimum Gasteiger partial charge on any atom is -0.310 e. The number of nitro benzene ring substituents is 1. The molecule has 20 heavy (non-hydrogen) atoms. The molecule has 0 fully saturated rings. The Labute approximate surface area is 117 Å². The van der Waals surface area contributed by atoms with Gasteiger partial charge in [0.1, 0.15) is 0 Å². The minimum atomic E-state index is -0.369. The van der Waals surface area contributed by atoms with Crippen LogP contribution < -0.4 is 5.32 Å². The van der Waals surface area contributed by atoms with Gasteiger partial charge in [-0.1, -0.05) is 12.1 Å². The lowest BCUT2D eigenvalue weighted by Gasteiger charge is -2.14. The van der Waals surface area contributed by atoms with Crippen molar-refractivity contribution < 1.29 is 4.92 Å². The lowest BCUT2D eigenvalue weighted by Crippen LogP contribution is -2.22. The molecule has 0 amide bonds. The van der Waals surface area contributed by atoms with E-state index in [1.165, 1.54) is 6.07 Å². The molecule has 106 valence electrons. The van der Waals surface area contributed by atoms with E-state index in [0.717, 1.165) is 24.2 Å². The molecule has 1 aromatic heterocycles. The van der Waals surface area contributed by atoms with Gasteiger partial charge in [-0.2, -0.15) is 5.10 Å². The highest BCUT2D eigenvalue weighted by Gasteiger charge is 2.10. The van der Waals surface area contributed by atoms with E-state index < -0.39 is 0 Å². The summed E-state index contributed by atoms with van der Waals surface area (Å²) in [5.74, 6) is 0. The van der Waals surface area contributed by atoms with Crippen LogP contribution in [0.5, 0.6) is 0 Å². The van der Waals surface area contributed by atoms with Gasteiger partial charge in [-0.15, -0.1) is 0 Å². The van der Waals surface area contributed by atoms with Crippen molar-refractivity contribution in [2.75, 3.05) is 6.54 Å². The van der Waals surface area contributed by atoms with E-state index in [1.54, 1.807) is 18.3 Å². The zero-order chi connectivity index (χ0) is 14.5. The predicted octanol–water partition coefficient (Wildman–Crippen LogP) is 2.22. The lowest BCUT2D eigenvalue weighted by molar-refractivity contribution is -0.384. The number of nitrogens with zero attached hydrogens (tertiary/aromatic N) is 3. The second kappa shape index (κ2) is 6.29. The van der Waals surface area contributed by atoms with E-state index in [-0.39, 0.29) is 16.7 Å². The van der Waals surface area contributed by atoms with Crippen molar-refractivity contribution in [2.45, 2.75) is 19.4 Å². The third-order valence-electron chi connectivity index (χ3n) is 3.34.